The molecule has 1 heterocycles. The Morgan fingerprint density at radius 2 is 1.62 bits per heavy atom. The van der Waals surface area contributed by atoms with Gasteiger partial charge in [0, 0.05) is 5.56 Å². The molecule has 10 heteroatoms. The summed E-state index contributed by atoms with van der Waals surface area (Å²) < 4.78 is 63.4. The first-order valence-corrected chi connectivity index (χ1v) is 8.48. The topological polar surface area (TPSA) is 69.2 Å². The summed E-state index contributed by atoms with van der Waals surface area (Å²) in [6.45, 7) is 6.86. The number of rotatable bonds is 3. The van der Waals surface area contributed by atoms with Gasteiger partial charge in [0.05, 0.1) is 17.0 Å². The molecule has 0 amide bonds. The van der Waals surface area contributed by atoms with Crippen molar-refractivity contribution in [3.63, 3.8) is 0 Å². The molecule has 0 spiro atoms. The zero-order chi connectivity index (χ0) is 18.9. The molecule has 0 saturated carbocycles. The molecule has 0 atom stereocenters. The minimum atomic E-state index is -4.47. The van der Waals surface area contributed by atoms with E-state index in [-0.39, 0.29) is 22.0 Å². The molecule has 26 heavy (non-hydrogen) atoms. The third-order valence-electron chi connectivity index (χ3n) is 3.45. The number of nitrogens with zero attached hydrogens (tertiary/aromatic N) is 4. The quantitative estimate of drug-likeness (QED) is 0.651. The molecule has 3 aromatic rings. The SMILES string of the molecule is [C-]#[N+]c1ccc(S(=O)(=O)n2cnc(-c3ccc(C(F)(F)F)cc3)n2)cc1. The smallest absolute Gasteiger partial charge is 0.238 e. The van der Waals surface area contributed by atoms with E-state index < -0.39 is 21.8 Å². The molecule has 0 aliphatic heterocycles. The van der Waals surface area contributed by atoms with Gasteiger partial charge >= 0.3 is 6.18 Å². The predicted molar refractivity (Wildman–Crippen MR) is 85.7 cm³/mol. The maximum Gasteiger partial charge on any atom is 0.416 e. The van der Waals surface area contributed by atoms with E-state index in [1.54, 1.807) is 0 Å². The fraction of sp³-hybridized carbons (Fsp3) is 0.0625. The molecule has 0 N–H and O–H groups in total. The second kappa shape index (κ2) is 6.27. The first-order chi connectivity index (χ1) is 12.2. The molecule has 132 valence electrons. The van der Waals surface area contributed by atoms with Crippen molar-refractivity contribution < 1.29 is 21.6 Å². The minimum Gasteiger partial charge on any atom is -0.238 e. The zero-order valence-electron chi connectivity index (χ0n) is 12.8. The van der Waals surface area contributed by atoms with E-state index in [1.165, 1.54) is 36.4 Å². The number of benzene rings is 2. The number of alkyl halides is 3. The molecule has 6 nitrogen and oxygen atoms in total. The van der Waals surface area contributed by atoms with E-state index in [0.29, 0.717) is 4.09 Å². The average molecular weight is 378 g/mol. The van der Waals surface area contributed by atoms with Crippen LogP contribution in [0.3, 0.4) is 0 Å². The van der Waals surface area contributed by atoms with E-state index in [0.717, 1.165) is 18.5 Å². The van der Waals surface area contributed by atoms with E-state index in [1.807, 2.05) is 0 Å². The van der Waals surface area contributed by atoms with E-state index >= 15 is 0 Å². The van der Waals surface area contributed by atoms with Crippen LogP contribution < -0.4 is 0 Å². The molecule has 0 unspecified atom stereocenters. The maximum atomic E-state index is 12.6. The Bertz CT molecular complexity index is 1080. The lowest BCUT2D eigenvalue weighted by Gasteiger charge is -2.06. The Kier molecular flexibility index (Phi) is 4.25. The number of halogens is 3. The van der Waals surface area contributed by atoms with Gasteiger partial charge in [-0.2, -0.15) is 21.6 Å². The van der Waals surface area contributed by atoms with Gasteiger partial charge in [-0.25, -0.2) is 9.83 Å². The van der Waals surface area contributed by atoms with Gasteiger partial charge in [-0.05, 0) is 12.1 Å². The molecule has 0 aliphatic rings. The summed E-state index contributed by atoms with van der Waals surface area (Å²) in [6, 6.07) is 9.31. The van der Waals surface area contributed by atoms with Crippen LogP contribution in [-0.2, 0) is 16.2 Å². The molecule has 0 aliphatic carbocycles. The summed E-state index contributed by atoms with van der Waals surface area (Å²) in [5.74, 6) is -0.0277. The van der Waals surface area contributed by atoms with Crippen molar-refractivity contribution in [3.05, 3.63) is 71.8 Å². The van der Waals surface area contributed by atoms with E-state index in [4.69, 9.17) is 6.57 Å². The van der Waals surface area contributed by atoms with Crippen LogP contribution in [0, 0.1) is 6.57 Å². The van der Waals surface area contributed by atoms with Crippen LogP contribution in [0.4, 0.5) is 18.9 Å². The van der Waals surface area contributed by atoms with Crippen LogP contribution in [0.25, 0.3) is 16.2 Å². The molecule has 2 aromatic carbocycles. The van der Waals surface area contributed by atoms with Crippen LogP contribution in [-0.4, -0.2) is 22.6 Å². The van der Waals surface area contributed by atoms with Crippen LogP contribution in [0.5, 0.6) is 0 Å². The molecule has 0 radical (unpaired) electrons. The summed E-state index contributed by atoms with van der Waals surface area (Å²) in [6.07, 6.45) is -3.50. The summed E-state index contributed by atoms with van der Waals surface area (Å²) >= 11 is 0. The van der Waals surface area contributed by atoms with Gasteiger partial charge in [-0.3, -0.25) is 0 Å². The number of hydrogen-bond acceptors (Lipinski definition) is 4. The van der Waals surface area contributed by atoms with Gasteiger partial charge in [-0.15, -0.1) is 9.19 Å². The molecular weight excluding hydrogens is 369 g/mol. The fourth-order valence-corrected chi connectivity index (χ4v) is 3.16. The predicted octanol–water partition coefficient (Wildman–Crippen LogP) is 3.75. The fourth-order valence-electron chi connectivity index (χ4n) is 2.11. The number of hydrogen-bond donors (Lipinski definition) is 0. The van der Waals surface area contributed by atoms with Crippen molar-refractivity contribution in [1.29, 1.82) is 0 Å². The van der Waals surface area contributed by atoms with Gasteiger partial charge in [0.15, 0.2) is 11.5 Å². The molecule has 0 fully saturated rings. The van der Waals surface area contributed by atoms with Gasteiger partial charge in [-0.1, -0.05) is 36.4 Å². The Morgan fingerprint density at radius 3 is 2.15 bits per heavy atom. The van der Waals surface area contributed by atoms with Gasteiger partial charge < -0.3 is 0 Å². The average Bonchev–Trinajstić information content (AvgIpc) is 3.12. The van der Waals surface area contributed by atoms with Crippen molar-refractivity contribution in [3.8, 4) is 11.4 Å². The van der Waals surface area contributed by atoms with Crippen molar-refractivity contribution in [2.24, 2.45) is 0 Å². The summed E-state index contributed by atoms with van der Waals surface area (Å²) in [7, 11) is -4.02. The first-order valence-electron chi connectivity index (χ1n) is 7.04. The van der Waals surface area contributed by atoms with Crippen LogP contribution in [0.2, 0.25) is 0 Å². The molecule has 0 bridgehead atoms. The normalized spacial score (nSPS) is 11.9. The highest BCUT2D eigenvalue weighted by Crippen LogP contribution is 2.30. The largest absolute Gasteiger partial charge is 0.416 e. The summed E-state index contributed by atoms with van der Waals surface area (Å²) in [5.41, 5.74) is -0.295. The van der Waals surface area contributed by atoms with Gasteiger partial charge in [0.2, 0.25) is 0 Å². The van der Waals surface area contributed by atoms with Crippen LogP contribution >= 0.6 is 0 Å². The maximum absolute atomic E-state index is 12.6. The second-order valence-corrected chi connectivity index (χ2v) is 6.92. The second-order valence-electron chi connectivity index (χ2n) is 5.13. The zero-order valence-corrected chi connectivity index (χ0v) is 13.7. The molecule has 0 saturated heterocycles. The summed E-state index contributed by atoms with van der Waals surface area (Å²) in [4.78, 5) is 6.93. The van der Waals surface area contributed by atoms with Crippen molar-refractivity contribution in [2.45, 2.75) is 11.1 Å². The standard InChI is InChI=1S/C16H9F3N4O2S/c1-20-13-6-8-14(9-7-13)26(24,25)23-10-21-15(22-23)11-2-4-12(5-3-11)16(17,18)19/h2-10H. The monoisotopic (exact) mass is 378 g/mol. The molecule has 1 aromatic heterocycles. The Hall–Kier alpha value is -3.19. The Morgan fingerprint density at radius 1 is 1.00 bits per heavy atom. The first kappa shape index (κ1) is 17.6. The minimum absolute atomic E-state index is 0.0277. The Balaban J connectivity index is 1.92. The highest BCUT2D eigenvalue weighted by Gasteiger charge is 2.30. The van der Waals surface area contributed by atoms with Crippen molar-refractivity contribution >= 4 is 15.7 Å². The lowest BCUT2D eigenvalue weighted by atomic mass is 10.1. The molecule has 3 rings (SSSR count). The van der Waals surface area contributed by atoms with Crippen LogP contribution in [0.1, 0.15) is 5.56 Å². The highest BCUT2D eigenvalue weighted by molar-refractivity contribution is 7.89. The highest BCUT2D eigenvalue weighted by atomic mass is 32.2. The Labute approximate surface area is 146 Å². The van der Waals surface area contributed by atoms with Crippen molar-refractivity contribution in [2.75, 3.05) is 0 Å². The van der Waals surface area contributed by atoms with Gasteiger partial charge in [0.25, 0.3) is 10.0 Å². The van der Waals surface area contributed by atoms with Crippen molar-refractivity contribution in [1.82, 2.24) is 14.2 Å². The van der Waals surface area contributed by atoms with Gasteiger partial charge in [0.1, 0.15) is 6.33 Å². The number of aromatic nitrogens is 3. The molecular formula is C16H9F3N4O2S. The lowest BCUT2D eigenvalue weighted by molar-refractivity contribution is -0.137. The third-order valence-corrected chi connectivity index (χ3v) is 4.99. The third kappa shape index (κ3) is 3.29. The van der Waals surface area contributed by atoms with Crippen LogP contribution in [0.15, 0.2) is 59.8 Å². The summed E-state index contributed by atoms with van der Waals surface area (Å²) in [5, 5.41) is 3.84. The lowest BCUT2D eigenvalue weighted by Crippen LogP contribution is -2.13. The van der Waals surface area contributed by atoms with E-state index in [9.17, 15) is 21.6 Å². The van der Waals surface area contributed by atoms with E-state index in [2.05, 4.69) is 14.9 Å².